The fourth-order valence-electron chi connectivity index (χ4n) is 2.97. The minimum absolute atomic E-state index is 0.215. The number of hydrogen-bond donors (Lipinski definition) is 0. The van der Waals surface area contributed by atoms with Crippen molar-refractivity contribution in [2.45, 2.75) is 27.3 Å². The molecule has 0 atom stereocenters. The molecule has 0 aliphatic carbocycles. The van der Waals surface area contributed by atoms with E-state index in [-0.39, 0.29) is 5.82 Å². The summed E-state index contributed by atoms with van der Waals surface area (Å²) >= 11 is 0. The Bertz CT molecular complexity index is 848. The average molecular weight is 337 g/mol. The van der Waals surface area contributed by atoms with Gasteiger partial charge in [0, 0.05) is 17.8 Å². The highest BCUT2D eigenvalue weighted by atomic mass is 19.1. The summed E-state index contributed by atoms with van der Waals surface area (Å²) in [5, 5.41) is 4.72. The number of benzene rings is 2. The Kier molecular flexibility index (Phi) is 5.00. The second kappa shape index (κ2) is 7.19. The van der Waals surface area contributed by atoms with Crippen LogP contribution in [0.5, 0.6) is 0 Å². The molecule has 0 aliphatic heterocycles. The van der Waals surface area contributed by atoms with Crippen LogP contribution in [-0.2, 0) is 6.54 Å². The second-order valence-corrected chi connectivity index (χ2v) is 6.45. The van der Waals surface area contributed by atoms with Gasteiger partial charge in [0.25, 0.3) is 0 Å². The highest BCUT2D eigenvalue weighted by Crippen LogP contribution is 2.23. The Morgan fingerprint density at radius 3 is 2.08 bits per heavy atom. The molecule has 0 saturated carbocycles. The lowest BCUT2D eigenvalue weighted by Gasteiger charge is -2.14. The Labute approximate surface area is 148 Å². The molecule has 0 spiro atoms. The van der Waals surface area contributed by atoms with Crippen molar-refractivity contribution >= 4 is 0 Å². The summed E-state index contributed by atoms with van der Waals surface area (Å²) in [5.74, 6) is -0.215. The van der Waals surface area contributed by atoms with E-state index >= 15 is 0 Å². The summed E-state index contributed by atoms with van der Waals surface area (Å²) in [7, 11) is 2.12. The summed E-state index contributed by atoms with van der Waals surface area (Å²) in [5.41, 5.74) is 6.64. The molecule has 4 heteroatoms. The van der Waals surface area contributed by atoms with Crippen LogP contribution in [0.2, 0.25) is 0 Å². The minimum Gasteiger partial charge on any atom is -0.302 e. The zero-order chi connectivity index (χ0) is 18.0. The molecule has 0 fully saturated rings. The molecule has 0 bridgehead atoms. The van der Waals surface area contributed by atoms with Gasteiger partial charge in [0.2, 0.25) is 0 Å². The highest BCUT2D eigenvalue weighted by molar-refractivity contribution is 5.64. The number of aryl methyl sites for hydroxylation is 1. The van der Waals surface area contributed by atoms with Crippen molar-refractivity contribution in [2.75, 3.05) is 13.6 Å². The van der Waals surface area contributed by atoms with Gasteiger partial charge in [-0.2, -0.15) is 5.10 Å². The maximum atomic E-state index is 13.1. The van der Waals surface area contributed by atoms with Crippen LogP contribution in [0, 0.1) is 19.7 Å². The molecule has 2 aromatic carbocycles. The topological polar surface area (TPSA) is 21.1 Å². The summed E-state index contributed by atoms with van der Waals surface area (Å²) in [4.78, 5) is 2.28. The molecule has 0 saturated heterocycles. The quantitative estimate of drug-likeness (QED) is 0.670. The maximum Gasteiger partial charge on any atom is 0.123 e. The molecule has 130 valence electrons. The molecule has 3 rings (SSSR count). The van der Waals surface area contributed by atoms with Crippen LogP contribution < -0.4 is 0 Å². The lowest BCUT2D eigenvalue weighted by Crippen LogP contribution is -2.17. The van der Waals surface area contributed by atoms with Gasteiger partial charge in [-0.05, 0) is 62.8 Å². The molecule has 0 aliphatic rings. The zero-order valence-electron chi connectivity index (χ0n) is 15.3. The van der Waals surface area contributed by atoms with E-state index < -0.39 is 0 Å². The lowest BCUT2D eigenvalue weighted by molar-refractivity contribution is 0.344. The van der Waals surface area contributed by atoms with Crippen LogP contribution in [-0.4, -0.2) is 28.3 Å². The van der Waals surface area contributed by atoms with Gasteiger partial charge >= 0.3 is 0 Å². The lowest BCUT2D eigenvalue weighted by atomic mass is 10.1. The van der Waals surface area contributed by atoms with Crippen molar-refractivity contribution in [2.24, 2.45) is 0 Å². The van der Waals surface area contributed by atoms with Crippen LogP contribution in [0.3, 0.4) is 0 Å². The summed E-state index contributed by atoms with van der Waals surface area (Å²) < 4.78 is 15.1. The fraction of sp³-hybridized carbons (Fsp3) is 0.286. The van der Waals surface area contributed by atoms with Crippen LogP contribution >= 0.6 is 0 Å². The summed E-state index contributed by atoms with van der Waals surface area (Å²) in [6, 6.07) is 14.8. The van der Waals surface area contributed by atoms with Crippen molar-refractivity contribution in [1.29, 1.82) is 0 Å². The maximum absolute atomic E-state index is 13.1. The second-order valence-electron chi connectivity index (χ2n) is 6.45. The standard InChI is InChI=1S/C21H24FN3/c1-5-24(4)14-21-15(2)23-25(16(21)3)20-12-8-18(9-13-20)17-6-10-19(22)11-7-17/h6-13H,5,14H2,1-4H3. The number of hydrogen-bond acceptors (Lipinski definition) is 2. The van der Waals surface area contributed by atoms with Crippen LogP contribution in [0.25, 0.3) is 16.8 Å². The number of aromatic nitrogens is 2. The van der Waals surface area contributed by atoms with E-state index in [0.29, 0.717) is 0 Å². The first-order valence-electron chi connectivity index (χ1n) is 8.59. The van der Waals surface area contributed by atoms with Gasteiger partial charge in [0.05, 0.1) is 11.4 Å². The van der Waals surface area contributed by atoms with Gasteiger partial charge in [0.1, 0.15) is 5.82 Å². The van der Waals surface area contributed by atoms with Gasteiger partial charge in [-0.25, -0.2) is 9.07 Å². The van der Waals surface area contributed by atoms with Gasteiger partial charge in [-0.15, -0.1) is 0 Å². The van der Waals surface area contributed by atoms with E-state index in [9.17, 15) is 4.39 Å². The van der Waals surface area contributed by atoms with Gasteiger partial charge < -0.3 is 4.90 Å². The molecule has 3 nitrogen and oxygen atoms in total. The molecule has 1 heterocycles. The first-order chi connectivity index (χ1) is 12.0. The predicted octanol–water partition coefficient (Wildman–Crippen LogP) is 4.75. The molecule has 1 aromatic heterocycles. The normalized spacial score (nSPS) is 11.3. The van der Waals surface area contributed by atoms with Crippen molar-refractivity contribution in [3.63, 3.8) is 0 Å². The van der Waals surface area contributed by atoms with E-state index in [4.69, 9.17) is 5.10 Å². The van der Waals surface area contributed by atoms with E-state index in [1.165, 1.54) is 23.4 Å². The van der Waals surface area contributed by atoms with Gasteiger partial charge in [-0.3, -0.25) is 0 Å². The first kappa shape index (κ1) is 17.4. The monoisotopic (exact) mass is 337 g/mol. The Hall–Kier alpha value is -2.46. The summed E-state index contributed by atoms with van der Waals surface area (Å²) in [6.07, 6.45) is 0. The van der Waals surface area contributed by atoms with Crippen molar-refractivity contribution in [3.05, 3.63) is 71.3 Å². The third-order valence-electron chi connectivity index (χ3n) is 4.70. The fourth-order valence-corrected chi connectivity index (χ4v) is 2.97. The van der Waals surface area contributed by atoms with Crippen LogP contribution in [0.4, 0.5) is 4.39 Å². The Morgan fingerprint density at radius 1 is 0.960 bits per heavy atom. The van der Waals surface area contributed by atoms with Crippen molar-refractivity contribution in [1.82, 2.24) is 14.7 Å². The molecular formula is C21H24FN3. The molecule has 25 heavy (non-hydrogen) atoms. The Balaban J connectivity index is 1.90. The molecular weight excluding hydrogens is 313 g/mol. The first-order valence-corrected chi connectivity index (χ1v) is 8.59. The highest BCUT2D eigenvalue weighted by Gasteiger charge is 2.14. The number of halogens is 1. The van der Waals surface area contributed by atoms with Crippen LogP contribution in [0.1, 0.15) is 23.9 Å². The third kappa shape index (κ3) is 3.64. The smallest absolute Gasteiger partial charge is 0.123 e. The van der Waals surface area contributed by atoms with Gasteiger partial charge in [-0.1, -0.05) is 31.2 Å². The van der Waals surface area contributed by atoms with Crippen molar-refractivity contribution in [3.8, 4) is 16.8 Å². The van der Waals surface area contributed by atoms with E-state index in [1.54, 1.807) is 12.1 Å². The van der Waals surface area contributed by atoms with Gasteiger partial charge in [0.15, 0.2) is 0 Å². The predicted molar refractivity (Wildman–Crippen MR) is 100 cm³/mol. The number of rotatable bonds is 5. The Morgan fingerprint density at radius 2 is 1.52 bits per heavy atom. The van der Waals surface area contributed by atoms with Crippen molar-refractivity contribution < 1.29 is 4.39 Å². The zero-order valence-corrected chi connectivity index (χ0v) is 15.3. The molecule has 0 amide bonds. The van der Waals surface area contributed by atoms with E-state index in [0.717, 1.165) is 35.6 Å². The third-order valence-corrected chi connectivity index (χ3v) is 4.70. The average Bonchev–Trinajstić information content (AvgIpc) is 2.90. The number of nitrogens with zero attached hydrogens (tertiary/aromatic N) is 3. The summed E-state index contributed by atoms with van der Waals surface area (Å²) in [6.45, 7) is 8.25. The SMILES string of the molecule is CCN(C)Cc1c(C)nn(-c2ccc(-c3ccc(F)cc3)cc2)c1C. The molecule has 0 N–H and O–H groups in total. The molecule has 0 radical (unpaired) electrons. The minimum atomic E-state index is -0.215. The van der Waals surface area contributed by atoms with E-state index in [2.05, 4.69) is 57.0 Å². The van der Waals surface area contributed by atoms with E-state index in [1.807, 2.05) is 4.68 Å². The molecule has 3 aromatic rings. The largest absolute Gasteiger partial charge is 0.302 e. The van der Waals surface area contributed by atoms with Crippen LogP contribution in [0.15, 0.2) is 48.5 Å². The molecule has 0 unspecified atom stereocenters.